The lowest BCUT2D eigenvalue weighted by atomic mass is 10.1. The van der Waals surface area contributed by atoms with Crippen molar-refractivity contribution in [2.45, 2.75) is 37.8 Å². The van der Waals surface area contributed by atoms with Crippen LogP contribution < -0.4 is 9.46 Å². The Balaban J connectivity index is 2.00. The molecule has 7 heteroatoms. The number of nitriles is 1. The minimum Gasteiger partial charge on any atom is -0.497 e. The minimum absolute atomic E-state index is 0.103. The van der Waals surface area contributed by atoms with E-state index in [0.717, 1.165) is 17.7 Å². The molecule has 1 fully saturated rings. The van der Waals surface area contributed by atoms with Crippen molar-refractivity contribution < 1.29 is 13.2 Å². The van der Waals surface area contributed by atoms with Gasteiger partial charge in [0.15, 0.2) is 0 Å². The second-order valence-electron chi connectivity index (χ2n) is 5.58. The third-order valence-electron chi connectivity index (χ3n) is 4.00. The molecule has 0 amide bonds. The van der Waals surface area contributed by atoms with E-state index in [9.17, 15) is 8.42 Å². The van der Waals surface area contributed by atoms with Gasteiger partial charge in [0.25, 0.3) is 10.2 Å². The van der Waals surface area contributed by atoms with Gasteiger partial charge in [0, 0.05) is 25.0 Å². The highest BCUT2D eigenvalue weighted by Crippen LogP contribution is 2.42. The Labute approximate surface area is 131 Å². The Bertz CT molecular complexity index is 669. The van der Waals surface area contributed by atoms with Gasteiger partial charge in [-0.1, -0.05) is 12.1 Å². The van der Waals surface area contributed by atoms with E-state index >= 15 is 0 Å². The van der Waals surface area contributed by atoms with Crippen LogP contribution in [0.25, 0.3) is 0 Å². The van der Waals surface area contributed by atoms with Crippen LogP contribution in [0.3, 0.4) is 0 Å². The average Bonchev–Trinajstić information content (AvgIpc) is 3.25. The fraction of sp³-hybridized carbons (Fsp3) is 0.533. The van der Waals surface area contributed by atoms with Gasteiger partial charge in [0.05, 0.1) is 19.6 Å². The lowest BCUT2D eigenvalue weighted by Gasteiger charge is -2.22. The molecule has 1 unspecified atom stereocenters. The summed E-state index contributed by atoms with van der Waals surface area (Å²) in [6.45, 7) is 1.72. The molecule has 1 aromatic rings. The fourth-order valence-electron chi connectivity index (χ4n) is 2.34. The Morgan fingerprint density at radius 3 is 2.91 bits per heavy atom. The van der Waals surface area contributed by atoms with Gasteiger partial charge < -0.3 is 4.74 Å². The lowest BCUT2D eigenvalue weighted by Crippen LogP contribution is -2.44. The highest BCUT2D eigenvalue weighted by atomic mass is 32.2. The van der Waals surface area contributed by atoms with Crippen LogP contribution >= 0.6 is 0 Å². The first-order valence-corrected chi connectivity index (χ1v) is 8.59. The number of ether oxygens (including phenoxy) is 1. The summed E-state index contributed by atoms with van der Waals surface area (Å²) in [5, 5.41) is 8.68. The van der Waals surface area contributed by atoms with Crippen LogP contribution in [0.1, 0.15) is 31.2 Å². The Morgan fingerprint density at radius 2 is 2.27 bits per heavy atom. The summed E-state index contributed by atoms with van der Waals surface area (Å²) in [4.78, 5) is 0. The van der Waals surface area contributed by atoms with E-state index in [-0.39, 0.29) is 24.4 Å². The van der Waals surface area contributed by atoms with E-state index < -0.39 is 10.2 Å². The molecule has 0 radical (unpaired) electrons. The first kappa shape index (κ1) is 16.7. The van der Waals surface area contributed by atoms with E-state index in [2.05, 4.69) is 4.72 Å². The molecule has 6 nitrogen and oxygen atoms in total. The first-order valence-electron chi connectivity index (χ1n) is 7.15. The van der Waals surface area contributed by atoms with Gasteiger partial charge in [-0.3, -0.25) is 0 Å². The number of methoxy groups -OCH3 is 1. The standard InChI is InChI=1S/C15H21N3O3S/c1-11(7-8-16)18(2)22(19,20)17-15-10-14(15)12-5-4-6-13(9-12)21-3/h4-6,9,11,14-15,17H,7,10H2,1-3H3/t11?,14-,15+/m0/s1. The van der Waals surface area contributed by atoms with Gasteiger partial charge in [0.1, 0.15) is 5.75 Å². The summed E-state index contributed by atoms with van der Waals surface area (Å²) in [5.74, 6) is 0.940. The zero-order valence-electron chi connectivity index (χ0n) is 13.0. The number of hydrogen-bond donors (Lipinski definition) is 1. The normalized spacial score (nSPS) is 22.1. The smallest absolute Gasteiger partial charge is 0.279 e. The molecule has 0 aliphatic heterocycles. The summed E-state index contributed by atoms with van der Waals surface area (Å²) in [6.07, 6.45) is 0.939. The predicted octanol–water partition coefficient (Wildman–Crippen LogP) is 1.62. The molecular weight excluding hydrogens is 302 g/mol. The Hall–Kier alpha value is -1.62. The summed E-state index contributed by atoms with van der Waals surface area (Å²) >= 11 is 0. The van der Waals surface area contributed by atoms with Gasteiger partial charge in [-0.2, -0.15) is 22.7 Å². The van der Waals surface area contributed by atoms with Crippen molar-refractivity contribution in [3.8, 4) is 11.8 Å². The number of rotatable bonds is 7. The van der Waals surface area contributed by atoms with Gasteiger partial charge >= 0.3 is 0 Å². The Kier molecular flexibility index (Phi) is 5.06. The zero-order chi connectivity index (χ0) is 16.3. The first-order chi connectivity index (χ1) is 10.4. The van der Waals surface area contributed by atoms with Gasteiger partial charge in [0.2, 0.25) is 0 Å². The third kappa shape index (κ3) is 3.77. The van der Waals surface area contributed by atoms with Crippen LogP contribution in [-0.2, 0) is 10.2 Å². The van der Waals surface area contributed by atoms with E-state index in [1.165, 1.54) is 11.4 Å². The molecule has 1 aliphatic rings. The van der Waals surface area contributed by atoms with Crippen molar-refractivity contribution in [3.05, 3.63) is 29.8 Å². The molecule has 1 N–H and O–H groups in total. The molecule has 0 saturated heterocycles. The summed E-state index contributed by atoms with van der Waals surface area (Å²) < 4.78 is 33.7. The van der Waals surface area contributed by atoms with Crippen molar-refractivity contribution in [1.29, 1.82) is 5.26 Å². The van der Waals surface area contributed by atoms with Crippen molar-refractivity contribution in [2.75, 3.05) is 14.2 Å². The maximum absolute atomic E-state index is 12.3. The molecule has 0 aromatic heterocycles. The van der Waals surface area contributed by atoms with Gasteiger partial charge in [-0.15, -0.1) is 0 Å². The number of nitrogens with zero attached hydrogens (tertiary/aromatic N) is 2. The summed E-state index contributed by atoms with van der Waals surface area (Å²) in [6, 6.07) is 9.21. The second-order valence-corrected chi connectivity index (χ2v) is 7.34. The molecule has 120 valence electrons. The molecule has 1 aromatic carbocycles. The van der Waals surface area contributed by atoms with Crippen LogP contribution in [0.15, 0.2) is 24.3 Å². The number of hydrogen-bond acceptors (Lipinski definition) is 4. The highest BCUT2D eigenvalue weighted by Gasteiger charge is 2.42. The lowest BCUT2D eigenvalue weighted by molar-refractivity contribution is 0.385. The molecule has 2 rings (SSSR count). The van der Waals surface area contributed by atoms with Crippen LogP contribution in [0, 0.1) is 11.3 Å². The number of nitrogens with one attached hydrogen (secondary N) is 1. The van der Waals surface area contributed by atoms with Crippen molar-refractivity contribution in [3.63, 3.8) is 0 Å². The second kappa shape index (κ2) is 6.65. The summed E-state index contributed by atoms with van der Waals surface area (Å²) in [5.41, 5.74) is 1.07. The maximum atomic E-state index is 12.3. The average molecular weight is 323 g/mol. The topological polar surface area (TPSA) is 82.4 Å². The summed E-state index contributed by atoms with van der Waals surface area (Å²) in [7, 11) is -0.472. The van der Waals surface area contributed by atoms with Gasteiger partial charge in [-0.25, -0.2) is 0 Å². The fourth-order valence-corrected chi connectivity index (χ4v) is 3.70. The van der Waals surface area contributed by atoms with E-state index in [0.29, 0.717) is 0 Å². The SMILES string of the molecule is COc1cccc([C@@H]2C[C@H]2NS(=O)(=O)N(C)C(C)CC#N)c1. The molecule has 0 heterocycles. The molecule has 1 saturated carbocycles. The van der Waals surface area contributed by atoms with E-state index in [1.54, 1.807) is 14.0 Å². The monoisotopic (exact) mass is 323 g/mol. The largest absolute Gasteiger partial charge is 0.497 e. The maximum Gasteiger partial charge on any atom is 0.279 e. The van der Waals surface area contributed by atoms with Crippen LogP contribution in [-0.4, -0.2) is 39.0 Å². The van der Waals surface area contributed by atoms with Crippen LogP contribution in [0.4, 0.5) is 0 Å². The molecule has 3 atom stereocenters. The van der Waals surface area contributed by atoms with E-state index in [1.807, 2.05) is 30.3 Å². The molecule has 1 aliphatic carbocycles. The third-order valence-corrected chi connectivity index (χ3v) is 5.72. The zero-order valence-corrected chi connectivity index (χ0v) is 13.8. The van der Waals surface area contributed by atoms with Crippen LogP contribution in [0.5, 0.6) is 5.75 Å². The molecule has 0 spiro atoms. The predicted molar refractivity (Wildman–Crippen MR) is 83.7 cm³/mol. The minimum atomic E-state index is -3.57. The van der Waals surface area contributed by atoms with Crippen molar-refractivity contribution in [2.24, 2.45) is 0 Å². The Morgan fingerprint density at radius 1 is 1.55 bits per heavy atom. The van der Waals surface area contributed by atoms with Gasteiger partial charge in [-0.05, 0) is 31.0 Å². The molecule has 0 bridgehead atoms. The van der Waals surface area contributed by atoms with Crippen molar-refractivity contribution in [1.82, 2.24) is 9.03 Å². The quantitative estimate of drug-likeness (QED) is 0.826. The molecular formula is C15H21N3O3S. The highest BCUT2D eigenvalue weighted by molar-refractivity contribution is 7.87. The molecule has 22 heavy (non-hydrogen) atoms. The van der Waals surface area contributed by atoms with Crippen molar-refractivity contribution >= 4 is 10.2 Å². The van der Waals surface area contributed by atoms with E-state index in [4.69, 9.17) is 10.00 Å². The van der Waals surface area contributed by atoms with Crippen LogP contribution in [0.2, 0.25) is 0 Å². The number of benzene rings is 1.